The minimum atomic E-state index is -0.472. The molecule has 7 aliphatic carbocycles. The van der Waals surface area contributed by atoms with Gasteiger partial charge in [-0.2, -0.15) is 0 Å². The van der Waals surface area contributed by atoms with Crippen molar-refractivity contribution in [2.75, 3.05) is 0 Å². The van der Waals surface area contributed by atoms with Gasteiger partial charge in [0.25, 0.3) is 0 Å². The summed E-state index contributed by atoms with van der Waals surface area (Å²) in [6, 6.07) is 9.81. The second kappa shape index (κ2) is 11.3. The van der Waals surface area contributed by atoms with Gasteiger partial charge in [0.15, 0.2) is 0 Å². The summed E-state index contributed by atoms with van der Waals surface area (Å²) >= 11 is 0. The quantitative estimate of drug-likeness (QED) is 0.303. The first kappa shape index (κ1) is 35.2. The molecular weight excluding hydrogens is 618 g/mol. The Morgan fingerprint density at radius 3 is 2.06 bits per heavy atom. The van der Waals surface area contributed by atoms with Gasteiger partial charge in [0, 0.05) is 24.2 Å². The zero-order chi connectivity index (χ0) is 35.7. The Labute approximate surface area is 303 Å². The molecule has 5 heteroatoms. The molecule has 12 atom stereocenters. The predicted molar refractivity (Wildman–Crippen MR) is 196 cm³/mol. The number of hydrogen-bond acceptors (Lipinski definition) is 4. The van der Waals surface area contributed by atoms with Crippen molar-refractivity contribution in [1.82, 2.24) is 0 Å². The lowest BCUT2D eigenvalue weighted by Crippen LogP contribution is -2.79. The number of fused-ring (bicyclic) bond motifs is 7. The molecule has 0 bridgehead atoms. The number of esters is 2. The SMILES string of the molecule is CC1([C@@H]2CC[C@]3([NH3+])CC[C@]4(C)[C@H](CCC5[C@@]6(C)CC[C@H](OC(=O)[C@H]7C[C@@H](C(=O)OCc8ccccc8)C7(C)C)C(C)(C)[C@@H]6CC[C@]54C)C23)CC1. The van der Waals surface area contributed by atoms with Gasteiger partial charge in [0.1, 0.15) is 12.7 Å². The molecular formula is C45H68NO4+. The lowest BCUT2D eigenvalue weighted by Gasteiger charge is -2.72. The summed E-state index contributed by atoms with van der Waals surface area (Å²) in [5.74, 6) is 2.91. The summed E-state index contributed by atoms with van der Waals surface area (Å²) in [5.41, 5.74) is 7.37. The largest absolute Gasteiger partial charge is 0.462 e. The molecule has 50 heavy (non-hydrogen) atoms. The van der Waals surface area contributed by atoms with Crippen LogP contribution in [0.3, 0.4) is 0 Å². The Bertz CT molecular complexity index is 1510. The number of carbonyl (C=O) groups is 2. The van der Waals surface area contributed by atoms with E-state index >= 15 is 0 Å². The first-order valence-electron chi connectivity index (χ1n) is 20.7. The van der Waals surface area contributed by atoms with Gasteiger partial charge in [-0.25, -0.2) is 0 Å². The molecule has 0 heterocycles. The van der Waals surface area contributed by atoms with Gasteiger partial charge in [-0.3, -0.25) is 9.59 Å². The maximum atomic E-state index is 13.9. The summed E-state index contributed by atoms with van der Waals surface area (Å²) < 4.78 is 12.3. The molecule has 1 aromatic rings. The Balaban J connectivity index is 0.953. The summed E-state index contributed by atoms with van der Waals surface area (Å²) in [6.45, 7) is 19.9. The van der Waals surface area contributed by atoms with E-state index in [9.17, 15) is 9.59 Å². The standard InChI is InChI=1S/C45H67NO4/c1-39(2)31(37(47)49-27-28-12-10-9-11-13-28)26-32(39)38(48)50-35-18-19-42(6)33(40(35,3)4)17-20-44(8)34(42)15-14-30-36-29(41(5)22-23-41)16-21-45(36,46)25-24-43(30,44)7/h9-13,29-36H,14-27,46H2,1-8H3/p+1/t29-,30-,31+,32-,33+,34?,35+,36?,42+,43-,44-,45+/m1/s1. The number of carbonyl (C=O) groups excluding carboxylic acids is 2. The highest BCUT2D eigenvalue weighted by molar-refractivity contribution is 5.82. The molecule has 3 N–H and O–H groups in total. The average molecular weight is 687 g/mol. The zero-order valence-corrected chi connectivity index (χ0v) is 32.7. The lowest BCUT2D eigenvalue weighted by molar-refractivity contribution is -0.506. The first-order chi connectivity index (χ1) is 23.4. The lowest BCUT2D eigenvalue weighted by atomic mass is 9.32. The fraction of sp³-hybridized carbons (Fsp3) is 0.822. The molecule has 1 aromatic carbocycles. The summed E-state index contributed by atoms with van der Waals surface area (Å²) in [6.07, 6.45) is 16.1. The third-order valence-corrected chi connectivity index (χ3v) is 18.8. The van der Waals surface area contributed by atoms with Crippen molar-refractivity contribution >= 4 is 11.9 Å². The minimum Gasteiger partial charge on any atom is -0.462 e. The molecule has 0 radical (unpaired) electrons. The van der Waals surface area contributed by atoms with E-state index in [1.54, 1.807) is 0 Å². The van der Waals surface area contributed by atoms with Gasteiger partial charge in [-0.15, -0.1) is 0 Å². The van der Waals surface area contributed by atoms with E-state index in [1.165, 1.54) is 64.2 Å². The van der Waals surface area contributed by atoms with Crippen molar-refractivity contribution in [1.29, 1.82) is 0 Å². The topological polar surface area (TPSA) is 80.2 Å². The molecule has 2 unspecified atom stereocenters. The molecule has 8 rings (SSSR count). The van der Waals surface area contributed by atoms with E-state index in [2.05, 4.69) is 41.5 Å². The summed E-state index contributed by atoms with van der Waals surface area (Å²) in [4.78, 5) is 27.0. The highest BCUT2D eigenvalue weighted by atomic mass is 16.5. The van der Waals surface area contributed by atoms with Crippen LogP contribution >= 0.6 is 0 Å². The fourth-order valence-electron chi connectivity index (χ4n) is 15.1. The predicted octanol–water partition coefficient (Wildman–Crippen LogP) is 9.18. The molecule has 7 saturated carbocycles. The van der Waals surface area contributed by atoms with E-state index in [4.69, 9.17) is 15.2 Å². The van der Waals surface area contributed by atoms with Crippen molar-refractivity contribution in [3.8, 4) is 0 Å². The van der Waals surface area contributed by atoms with E-state index in [0.717, 1.165) is 36.2 Å². The van der Waals surface area contributed by atoms with Crippen molar-refractivity contribution in [3.05, 3.63) is 35.9 Å². The van der Waals surface area contributed by atoms with Crippen LogP contribution in [0, 0.1) is 73.9 Å². The number of rotatable bonds is 6. The summed E-state index contributed by atoms with van der Waals surface area (Å²) in [7, 11) is 0. The highest BCUT2D eigenvalue weighted by Gasteiger charge is 2.73. The van der Waals surface area contributed by atoms with Crippen LogP contribution in [-0.2, 0) is 25.7 Å². The van der Waals surface area contributed by atoms with Gasteiger partial charge in [-0.1, -0.05) is 85.7 Å². The Hall–Kier alpha value is -1.88. The smallest absolute Gasteiger partial charge is 0.309 e. The molecule has 0 aliphatic heterocycles. The molecule has 7 fully saturated rings. The van der Waals surface area contributed by atoms with E-state index in [-0.39, 0.29) is 47.3 Å². The van der Waals surface area contributed by atoms with Crippen LogP contribution in [0.5, 0.6) is 0 Å². The number of hydrogen-bond donors (Lipinski definition) is 1. The molecule has 276 valence electrons. The molecule has 0 aromatic heterocycles. The van der Waals surface area contributed by atoms with E-state index in [0.29, 0.717) is 40.0 Å². The number of ether oxygens (including phenoxy) is 2. The minimum absolute atomic E-state index is 0.0794. The molecule has 7 aliphatic rings. The van der Waals surface area contributed by atoms with Gasteiger partial charge >= 0.3 is 11.9 Å². The molecule has 5 nitrogen and oxygen atoms in total. The van der Waals surface area contributed by atoms with Crippen LogP contribution in [0.4, 0.5) is 0 Å². The Morgan fingerprint density at radius 2 is 1.38 bits per heavy atom. The highest BCUT2D eigenvalue weighted by Crippen LogP contribution is 2.77. The third kappa shape index (κ3) is 4.85. The zero-order valence-electron chi connectivity index (χ0n) is 32.7. The second-order valence-electron chi connectivity index (χ2n) is 21.4. The Morgan fingerprint density at radius 1 is 0.680 bits per heavy atom. The molecule has 0 spiro atoms. The normalized spacial score (nSPS) is 47.7. The first-order valence-corrected chi connectivity index (χ1v) is 20.7. The summed E-state index contributed by atoms with van der Waals surface area (Å²) in [5, 5.41) is 0. The molecule has 0 amide bonds. The second-order valence-corrected chi connectivity index (χ2v) is 21.4. The maximum Gasteiger partial charge on any atom is 0.309 e. The van der Waals surface area contributed by atoms with Gasteiger partial charge in [-0.05, 0) is 127 Å². The van der Waals surface area contributed by atoms with Crippen molar-refractivity contribution in [2.24, 2.45) is 73.9 Å². The maximum absolute atomic E-state index is 13.9. The van der Waals surface area contributed by atoms with Gasteiger partial charge in [0.05, 0.1) is 17.4 Å². The number of benzene rings is 1. The van der Waals surface area contributed by atoms with Crippen LogP contribution < -0.4 is 5.73 Å². The monoisotopic (exact) mass is 687 g/mol. The van der Waals surface area contributed by atoms with Crippen molar-refractivity contribution in [3.63, 3.8) is 0 Å². The Kier molecular flexibility index (Phi) is 7.96. The fourth-order valence-corrected chi connectivity index (χ4v) is 15.1. The van der Waals surface area contributed by atoms with Crippen LogP contribution in [0.1, 0.15) is 144 Å². The molecule has 0 saturated heterocycles. The third-order valence-electron chi connectivity index (χ3n) is 18.8. The van der Waals surface area contributed by atoms with Crippen LogP contribution in [0.15, 0.2) is 30.3 Å². The van der Waals surface area contributed by atoms with Crippen LogP contribution in [0.25, 0.3) is 0 Å². The van der Waals surface area contributed by atoms with Crippen molar-refractivity contribution in [2.45, 2.75) is 157 Å². The van der Waals surface area contributed by atoms with Gasteiger partial charge < -0.3 is 15.2 Å². The van der Waals surface area contributed by atoms with E-state index in [1.807, 2.05) is 44.2 Å². The number of quaternary nitrogens is 1. The van der Waals surface area contributed by atoms with Crippen LogP contribution in [0.2, 0.25) is 0 Å². The average Bonchev–Trinajstić information content (AvgIpc) is 3.70. The van der Waals surface area contributed by atoms with Crippen LogP contribution in [-0.4, -0.2) is 23.6 Å². The van der Waals surface area contributed by atoms with Gasteiger partial charge in [0.2, 0.25) is 0 Å². The van der Waals surface area contributed by atoms with E-state index < -0.39 is 5.41 Å². The van der Waals surface area contributed by atoms with Crippen molar-refractivity contribution < 1.29 is 24.8 Å².